The lowest BCUT2D eigenvalue weighted by molar-refractivity contribution is -0.114. The van der Waals surface area contributed by atoms with Gasteiger partial charge in [-0.1, -0.05) is 0 Å². The van der Waals surface area contributed by atoms with Gasteiger partial charge in [-0.05, 0) is 32.0 Å². The summed E-state index contributed by atoms with van der Waals surface area (Å²) in [5, 5.41) is 2.63. The van der Waals surface area contributed by atoms with Crippen LogP contribution in [0.25, 0.3) is 0 Å². The highest BCUT2D eigenvalue weighted by molar-refractivity contribution is 5.92. The molecule has 0 atom stereocenters. The highest BCUT2D eigenvalue weighted by Crippen LogP contribution is 2.26. The molecule has 0 unspecified atom stereocenters. The van der Waals surface area contributed by atoms with E-state index in [1.165, 1.54) is 6.92 Å². The van der Waals surface area contributed by atoms with Gasteiger partial charge in [0.25, 0.3) is 0 Å². The molecule has 4 nitrogen and oxygen atoms in total. The molecule has 0 radical (unpaired) electrons. The van der Waals surface area contributed by atoms with Crippen LogP contribution in [-0.2, 0) is 4.79 Å². The number of ether oxygens (including phenoxy) is 1. The van der Waals surface area contributed by atoms with Crippen molar-refractivity contribution in [3.8, 4) is 5.75 Å². The van der Waals surface area contributed by atoms with Crippen molar-refractivity contribution in [2.45, 2.75) is 26.9 Å². The van der Waals surface area contributed by atoms with Gasteiger partial charge in [0.1, 0.15) is 12.0 Å². The van der Waals surface area contributed by atoms with Gasteiger partial charge in [0.05, 0.1) is 11.8 Å². The van der Waals surface area contributed by atoms with Gasteiger partial charge in [-0.3, -0.25) is 9.59 Å². The van der Waals surface area contributed by atoms with Gasteiger partial charge in [0.15, 0.2) is 0 Å². The minimum atomic E-state index is -0.198. The molecule has 86 valence electrons. The minimum Gasteiger partial charge on any atom is -0.489 e. The van der Waals surface area contributed by atoms with E-state index in [0.29, 0.717) is 17.0 Å². The molecule has 0 saturated carbocycles. The minimum absolute atomic E-state index is 0.00888. The second-order valence-corrected chi connectivity index (χ2v) is 3.72. The van der Waals surface area contributed by atoms with E-state index in [4.69, 9.17) is 4.74 Å². The number of benzene rings is 1. The molecule has 0 saturated heterocycles. The summed E-state index contributed by atoms with van der Waals surface area (Å²) in [5.74, 6) is 0.368. The largest absolute Gasteiger partial charge is 0.489 e. The van der Waals surface area contributed by atoms with E-state index in [0.717, 1.165) is 6.29 Å². The van der Waals surface area contributed by atoms with Crippen LogP contribution in [0, 0.1) is 0 Å². The maximum Gasteiger partial charge on any atom is 0.221 e. The van der Waals surface area contributed by atoms with E-state index in [-0.39, 0.29) is 12.0 Å². The van der Waals surface area contributed by atoms with Crippen molar-refractivity contribution in [2.24, 2.45) is 0 Å². The van der Waals surface area contributed by atoms with E-state index in [1.807, 2.05) is 13.8 Å². The second-order valence-electron chi connectivity index (χ2n) is 3.72. The Morgan fingerprint density at radius 3 is 2.62 bits per heavy atom. The first-order valence-corrected chi connectivity index (χ1v) is 5.06. The van der Waals surface area contributed by atoms with Crippen LogP contribution in [0.4, 0.5) is 5.69 Å². The lowest BCUT2D eigenvalue weighted by atomic mass is 10.2. The maximum absolute atomic E-state index is 11.0. The fourth-order valence-electron chi connectivity index (χ4n) is 1.26. The fraction of sp³-hybridized carbons (Fsp3) is 0.333. The van der Waals surface area contributed by atoms with E-state index < -0.39 is 0 Å². The first kappa shape index (κ1) is 12.2. The van der Waals surface area contributed by atoms with Gasteiger partial charge >= 0.3 is 0 Å². The van der Waals surface area contributed by atoms with Crippen LogP contribution in [0.3, 0.4) is 0 Å². The van der Waals surface area contributed by atoms with E-state index >= 15 is 0 Å². The van der Waals surface area contributed by atoms with Crippen molar-refractivity contribution in [1.29, 1.82) is 0 Å². The quantitative estimate of drug-likeness (QED) is 0.793. The molecule has 0 bridgehead atoms. The molecule has 16 heavy (non-hydrogen) atoms. The molecule has 0 aliphatic heterocycles. The Hall–Kier alpha value is -1.84. The molecule has 0 spiro atoms. The molecule has 0 heterocycles. The number of hydrogen-bond acceptors (Lipinski definition) is 3. The molecule has 0 aromatic heterocycles. The van der Waals surface area contributed by atoms with Crippen molar-refractivity contribution >= 4 is 17.9 Å². The summed E-state index contributed by atoms with van der Waals surface area (Å²) in [6.07, 6.45) is 0.736. The summed E-state index contributed by atoms with van der Waals surface area (Å²) in [6, 6.07) is 4.91. The lowest BCUT2D eigenvalue weighted by Gasteiger charge is -2.14. The van der Waals surface area contributed by atoms with Gasteiger partial charge < -0.3 is 10.1 Å². The average Bonchev–Trinajstić information content (AvgIpc) is 2.19. The van der Waals surface area contributed by atoms with Crippen LogP contribution in [0.2, 0.25) is 0 Å². The van der Waals surface area contributed by atoms with Crippen LogP contribution in [0.5, 0.6) is 5.75 Å². The monoisotopic (exact) mass is 221 g/mol. The third-order valence-corrected chi connectivity index (χ3v) is 1.81. The third-order valence-electron chi connectivity index (χ3n) is 1.81. The molecule has 1 rings (SSSR count). The molecule has 1 N–H and O–H groups in total. The number of amides is 1. The Kier molecular flexibility index (Phi) is 4.05. The second kappa shape index (κ2) is 5.30. The molecule has 1 amide bonds. The normalized spacial score (nSPS) is 10.0. The zero-order valence-corrected chi connectivity index (χ0v) is 9.61. The number of aldehydes is 1. The van der Waals surface area contributed by atoms with Gasteiger partial charge in [0.2, 0.25) is 5.91 Å². The SMILES string of the molecule is CC(=O)Nc1cc(C=O)ccc1OC(C)C. The summed E-state index contributed by atoms with van der Waals surface area (Å²) < 4.78 is 5.52. The zero-order valence-electron chi connectivity index (χ0n) is 9.61. The Morgan fingerprint density at radius 2 is 2.12 bits per heavy atom. The van der Waals surface area contributed by atoms with Crippen molar-refractivity contribution in [2.75, 3.05) is 5.32 Å². The summed E-state index contributed by atoms with van der Waals surface area (Å²) in [4.78, 5) is 21.6. The number of carbonyl (C=O) groups excluding carboxylic acids is 2. The van der Waals surface area contributed by atoms with Crippen molar-refractivity contribution in [3.63, 3.8) is 0 Å². The topological polar surface area (TPSA) is 55.4 Å². The predicted octanol–water partition coefficient (Wildman–Crippen LogP) is 2.24. The van der Waals surface area contributed by atoms with Gasteiger partial charge in [-0.15, -0.1) is 0 Å². The number of anilines is 1. The Labute approximate surface area is 94.6 Å². The van der Waals surface area contributed by atoms with Crippen LogP contribution in [-0.4, -0.2) is 18.3 Å². The number of carbonyl (C=O) groups is 2. The van der Waals surface area contributed by atoms with Crippen LogP contribution in [0.15, 0.2) is 18.2 Å². The van der Waals surface area contributed by atoms with Crippen LogP contribution >= 0.6 is 0 Å². The van der Waals surface area contributed by atoms with Crippen molar-refractivity contribution in [1.82, 2.24) is 0 Å². The van der Waals surface area contributed by atoms with Crippen molar-refractivity contribution < 1.29 is 14.3 Å². The predicted molar refractivity (Wildman–Crippen MR) is 61.9 cm³/mol. The molecule has 1 aromatic carbocycles. The zero-order chi connectivity index (χ0) is 12.1. The van der Waals surface area contributed by atoms with Crippen LogP contribution in [0.1, 0.15) is 31.1 Å². The third kappa shape index (κ3) is 3.38. The number of hydrogen-bond donors (Lipinski definition) is 1. The number of nitrogens with one attached hydrogen (secondary N) is 1. The molecule has 1 aromatic rings. The molecule has 0 aliphatic rings. The standard InChI is InChI=1S/C12H15NO3/c1-8(2)16-12-5-4-10(7-14)6-11(12)13-9(3)15/h4-8H,1-3H3,(H,13,15). The van der Waals surface area contributed by atoms with E-state index in [2.05, 4.69) is 5.32 Å². The molecule has 4 heteroatoms. The first-order chi connectivity index (χ1) is 7.52. The highest BCUT2D eigenvalue weighted by atomic mass is 16.5. The Morgan fingerprint density at radius 1 is 1.44 bits per heavy atom. The lowest BCUT2D eigenvalue weighted by Crippen LogP contribution is -2.11. The summed E-state index contributed by atoms with van der Waals surface area (Å²) in [6.45, 7) is 5.20. The Bertz CT molecular complexity index is 399. The molecule has 0 aliphatic carbocycles. The van der Waals surface area contributed by atoms with E-state index in [1.54, 1.807) is 18.2 Å². The maximum atomic E-state index is 11.0. The van der Waals surface area contributed by atoms with Crippen molar-refractivity contribution in [3.05, 3.63) is 23.8 Å². The van der Waals surface area contributed by atoms with Crippen LogP contribution < -0.4 is 10.1 Å². The van der Waals surface area contributed by atoms with Gasteiger partial charge in [0, 0.05) is 12.5 Å². The summed E-state index contributed by atoms with van der Waals surface area (Å²) in [5.41, 5.74) is 1.02. The van der Waals surface area contributed by atoms with Gasteiger partial charge in [-0.25, -0.2) is 0 Å². The van der Waals surface area contributed by atoms with E-state index in [9.17, 15) is 9.59 Å². The molecule has 0 fully saturated rings. The fourth-order valence-corrected chi connectivity index (χ4v) is 1.26. The summed E-state index contributed by atoms with van der Waals surface area (Å²) in [7, 11) is 0. The Balaban J connectivity index is 3.05. The molecular weight excluding hydrogens is 206 g/mol. The summed E-state index contributed by atoms with van der Waals surface area (Å²) >= 11 is 0. The van der Waals surface area contributed by atoms with Gasteiger partial charge in [-0.2, -0.15) is 0 Å². The highest BCUT2D eigenvalue weighted by Gasteiger charge is 2.08. The first-order valence-electron chi connectivity index (χ1n) is 5.06. The average molecular weight is 221 g/mol. The molecular formula is C12H15NO3. The smallest absolute Gasteiger partial charge is 0.221 e. The number of rotatable bonds is 4.